The highest BCUT2D eigenvalue weighted by Gasteiger charge is 2.18. The fraction of sp³-hybridized carbons (Fsp3) is 0.222. The molecule has 0 heterocycles. The lowest BCUT2D eigenvalue weighted by Gasteiger charge is -2.08. The van der Waals surface area contributed by atoms with Crippen molar-refractivity contribution < 1.29 is 24.5 Å². The Labute approximate surface area is 80.5 Å². The van der Waals surface area contributed by atoms with Crippen molar-refractivity contribution in [2.75, 3.05) is 14.2 Å². The molecule has 1 aromatic rings. The summed E-state index contributed by atoms with van der Waals surface area (Å²) in [5.74, 6) is -1.51. The Bertz CT molecular complexity index is 358. The molecule has 0 unspecified atom stereocenters. The largest absolute Gasteiger partial charge is 0.504 e. The molecule has 5 nitrogen and oxygen atoms in total. The Morgan fingerprint density at radius 1 is 1.29 bits per heavy atom. The normalized spacial score (nSPS) is 9.57. The van der Waals surface area contributed by atoms with Crippen molar-refractivity contribution in [3.8, 4) is 17.2 Å². The van der Waals surface area contributed by atoms with Crippen LogP contribution in [0.1, 0.15) is 10.4 Å². The Hall–Kier alpha value is -1.91. The molecule has 0 spiro atoms. The summed E-state index contributed by atoms with van der Waals surface area (Å²) in [6.07, 6.45) is 0. The van der Waals surface area contributed by atoms with Gasteiger partial charge in [0, 0.05) is 0 Å². The zero-order chi connectivity index (χ0) is 10.7. The molecule has 76 valence electrons. The molecule has 0 saturated carbocycles. The van der Waals surface area contributed by atoms with Crippen LogP contribution >= 0.6 is 0 Å². The summed E-state index contributed by atoms with van der Waals surface area (Å²) in [7, 11) is 2.47. The Morgan fingerprint density at radius 3 is 2.43 bits per heavy atom. The predicted octanol–water partition coefficient (Wildman–Crippen LogP) is 0.893. The number of carbonyl (C=O) groups is 1. The van der Waals surface area contributed by atoms with Crippen LogP contribution in [0.15, 0.2) is 12.1 Å². The van der Waals surface area contributed by atoms with Crippen molar-refractivity contribution in [3.05, 3.63) is 17.7 Å². The topological polar surface area (TPSA) is 76.0 Å². The van der Waals surface area contributed by atoms with Crippen LogP contribution in [0.25, 0.3) is 0 Å². The van der Waals surface area contributed by atoms with Gasteiger partial charge in [-0.15, -0.1) is 0 Å². The smallest absolute Gasteiger partial charge is 0.341 e. The van der Waals surface area contributed by atoms with Gasteiger partial charge >= 0.3 is 5.97 Å². The monoisotopic (exact) mass is 198 g/mol. The third-order valence-electron chi connectivity index (χ3n) is 1.72. The molecular weight excluding hydrogens is 188 g/mol. The van der Waals surface area contributed by atoms with E-state index in [1.807, 2.05) is 0 Å². The molecule has 5 heteroatoms. The first-order valence-corrected chi connectivity index (χ1v) is 3.79. The molecule has 14 heavy (non-hydrogen) atoms. The average molecular weight is 198 g/mol. The Balaban J connectivity index is 3.28. The van der Waals surface area contributed by atoms with E-state index in [-0.39, 0.29) is 17.1 Å². The predicted molar refractivity (Wildman–Crippen MR) is 47.7 cm³/mol. The van der Waals surface area contributed by atoms with Crippen LogP contribution in [0.2, 0.25) is 0 Å². The van der Waals surface area contributed by atoms with E-state index in [1.165, 1.54) is 26.4 Å². The number of aromatic hydroxyl groups is 2. The molecule has 0 atom stereocenters. The van der Waals surface area contributed by atoms with Gasteiger partial charge in [-0.3, -0.25) is 0 Å². The van der Waals surface area contributed by atoms with Gasteiger partial charge in [0.05, 0.1) is 14.2 Å². The molecule has 0 amide bonds. The van der Waals surface area contributed by atoms with Gasteiger partial charge in [-0.1, -0.05) is 0 Å². The molecule has 0 aliphatic heterocycles. The van der Waals surface area contributed by atoms with Gasteiger partial charge in [0.25, 0.3) is 0 Å². The first-order valence-electron chi connectivity index (χ1n) is 3.79. The summed E-state index contributed by atoms with van der Waals surface area (Å²) in [4.78, 5) is 11.1. The van der Waals surface area contributed by atoms with Gasteiger partial charge in [0.15, 0.2) is 11.5 Å². The van der Waals surface area contributed by atoms with Crippen molar-refractivity contribution in [1.82, 2.24) is 0 Å². The maximum absolute atomic E-state index is 11.1. The van der Waals surface area contributed by atoms with E-state index in [2.05, 4.69) is 4.74 Å². The molecule has 0 bridgehead atoms. The number of phenols is 2. The number of methoxy groups -OCH3 is 2. The summed E-state index contributed by atoms with van der Waals surface area (Å²) < 4.78 is 9.12. The Kier molecular flexibility index (Phi) is 2.81. The van der Waals surface area contributed by atoms with Crippen molar-refractivity contribution in [3.63, 3.8) is 0 Å². The quantitative estimate of drug-likeness (QED) is 0.690. The summed E-state index contributed by atoms with van der Waals surface area (Å²) >= 11 is 0. The molecule has 2 N–H and O–H groups in total. The number of esters is 1. The highest BCUT2D eigenvalue weighted by molar-refractivity contribution is 5.93. The molecule has 1 rings (SSSR count). The average Bonchev–Trinajstić information content (AvgIpc) is 2.18. The minimum atomic E-state index is -0.694. The van der Waals surface area contributed by atoms with Gasteiger partial charge < -0.3 is 19.7 Å². The summed E-state index contributed by atoms with van der Waals surface area (Å²) in [5.41, 5.74) is -0.0536. The third kappa shape index (κ3) is 1.56. The lowest BCUT2D eigenvalue weighted by atomic mass is 10.2. The van der Waals surface area contributed by atoms with Gasteiger partial charge in [-0.05, 0) is 12.1 Å². The van der Waals surface area contributed by atoms with Crippen molar-refractivity contribution in [1.29, 1.82) is 0 Å². The van der Waals surface area contributed by atoms with E-state index in [9.17, 15) is 15.0 Å². The minimum absolute atomic E-state index is 0.0536. The van der Waals surface area contributed by atoms with Crippen molar-refractivity contribution >= 4 is 5.97 Å². The molecule has 0 fully saturated rings. The van der Waals surface area contributed by atoms with Crippen LogP contribution in [0.5, 0.6) is 17.2 Å². The number of benzene rings is 1. The zero-order valence-corrected chi connectivity index (χ0v) is 7.77. The van der Waals surface area contributed by atoms with Crippen LogP contribution in [-0.4, -0.2) is 30.4 Å². The Morgan fingerprint density at radius 2 is 1.93 bits per heavy atom. The summed E-state index contributed by atoms with van der Waals surface area (Å²) in [6.45, 7) is 0. The van der Waals surface area contributed by atoms with E-state index < -0.39 is 11.7 Å². The van der Waals surface area contributed by atoms with E-state index >= 15 is 0 Å². The van der Waals surface area contributed by atoms with Crippen LogP contribution in [0.3, 0.4) is 0 Å². The number of hydrogen-bond acceptors (Lipinski definition) is 5. The van der Waals surface area contributed by atoms with Gasteiger partial charge in [-0.2, -0.15) is 0 Å². The molecule has 0 aliphatic rings. The number of rotatable bonds is 2. The lowest BCUT2D eigenvalue weighted by molar-refractivity contribution is 0.0596. The first-order chi connectivity index (χ1) is 6.61. The van der Waals surface area contributed by atoms with E-state index in [1.54, 1.807) is 0 Å². The molecule has 1 aromatic carbocycles. The number of phenolic OH excluding ortho intramolecular Hbond substituents is 2. The highest BCUT2D eigenvalue weighted by Crippen LogP contribution is 2.38. The van der Waals surface area contributed by atoms with Gasteiger partial charge in [-0.25, -0.2) is 4.79 Å². The zero-order valence-electron chi connectivity index (χ0n) is 7.77. The van der Waals surface area contributed by atoms with Crippen LogP contribution < -0.4 is 4.74 Å². The molecule has 0 saturated heterocycles. The summed E-state index contributed by atoms with van der Waals surface area (Å²) in [6, 6.07) is 2.49. The maximum atomic E-state index is 11.1. The molecule has 0 aliphatic carbocycles. The summed E-state index contributed by atoms with van der Waals surface area (Å²) in [5, 5.41) is 18.7. The molecule has 0 radical (unpaired) electrons. The highest BCUT2D eigenvalue weighted by atomic mass is 16.5. The second-order valence-electron chi connectivity index (χ2n) is 2.51. The second kappa shape index (κ2) is 3.87. The fourth-order valence-electron chi connectivity index (χ4n) is 1.04. The minimum Gasteiger partial charge on any atom is -0.504 e. The van der Waals surface area contributed by atoms with E-state index in [4.69, 9.17) is 4.74 Å². The first kappa shape index (κ1) is 10.2. The van der Waals surface area contributed by atoms with E-state index in [0.29, 0.717) is 0 Å². The number of ether oxygens (including phenoxy) is 2. The maximum Gasteiger partial charge on any atom is 0.341 e. The van der Waals surface area contributed by atoms with Crippen LogP contribution in [0, 0.1) is 0 Å². The van der Waals surface area contributed by atoms with Gasteiger partial charge in [0.2, 0.25) is 5.75 Å². The van der Waals surface area contributed by atoms with Crippen LogP contribution in [-0.2, 0) is 4.74 Å². The van der Waals surface area contributed by atoms with Crippen LogP contribution in [0.4, 0.5) is 0 Å². The standard InChI is InChI=1S/C9H10O5/c1-13-8-6(10)4-3-5(7(8)11)9(12)14-2/h3-4,10-11H,1-2H3. The fourth-order valence-corrected chi connectivity index (χ4v) is 1.04. The van der Waals surface area contributed by atoms with Crippen molar-refractivity contribution in [2.45, 2.75) is 0 Å². The lowest BCUT2D eigenvalue weighted by Crippen LogP contribution is -2.02. The third-order valence-corrected chi connectivity index (χ3v) is 1.72. The van der Waals surface area contributed by atoms with Gasteiger partial charge in [0.1, 0.15) is 5.56 Å². The molecule has 0 aromatic heterocycles. The number of hydrogen-bond donors (Lipinski definition) is 2. The molecular formula is C9H10O5. The SMILES string of the molecule is COC(=O)c1ccc(O)c(OC)c1O. The second-order valence-corrected chi connectivity index (χ2v) is 2.51. The number of carbonyl (C=O) groups excluding carboxylic acids is 1. The van der Waals surface area contributed by atoms with E-state index in [0.717, 1.165) is 0 Å². The van der Waals surface area contributed by atoms with Crippen molar-refractivity contribution in [2.24, 2.45) is 0 Å².